The van der Waals surface area contributed by atoms with Gasteiger partial charge in [-0.1, -0.05) is 0 Å². The summed E-state index contributed by atoms with van der Waals surface area (Å²) in [6, 6.07) is 11.8. The molecule has 0 bridgehead atoms. The van der Waals surface area contributed by atoms with Gasteiger partial charge in [0, 0.05) is 29.6 Å². The average molecular weight is 432 g/mol. The van der Waals surface area contributed by atoms with Crippen LogP contribution in [0.1, 0.15) is 23.2 Å². The zero-order chi connectivity index (χ0) is 20.4. The van der Waals surface area contributed by atoms with Crippen LogP contribution < -0.4 is 5.32 Å². The second-order valence-electron chi connectivity index (χ2n) is 6.63. The van der Waals surface area contributed by atoms with E-state index in [1.807, 2.05) is 0 Å². The Morgan fingerprint density at radius 1 is 1.03 bits per heavy atom. The Labute approximate surface area is 172 Å². The molecule has 29 heavy (non-hydrogen) atoms. The van der Waals surface area contributed by atoms with Crippen molar-refractivity contribution in [3.63, 3.8) is 0 Å². The van der Waals surface area contributed by atoms with Crippen LogP contribution in [0, 0.1) is 5.82 Å². The highest BCUT2D eigenvalue weighted by Crippen LogP contribution is 2.26. The lowest BCUT2D eigenvalue weighted by atomic mass is 10.2. The van der Waals surface area contributed by atoms with Crippen LogP contribution in [-0.2, 0) is 10.0 Å². The number of thiazole rings is 1. The van der Waals surface area contributed by atoms with Gasteiger partial charge in [-0.05, 0) is 61.4 Å². The lowest BCUT2D eigenvalue weighted by Gasteiger charge is -2.15. The molecular formula is C20H18FN3O3S2. The predicted molar refractivity (Wildman–Crippen MR) is 110 cm³/mol. The Morgan fingerprint density at radius 3 is 2.34 bits per heavy atom. The minimum absolute atomic E-state index is 0.184. The van der Waals surface area contributed by atoms with Gasteiger partial charge in [0.1, 0.15) is 5.82 Å². The number of amides is 1. The summed E-state index contributed by atoms with van der Waals surface area (Å²) < 4.78 is 39.6. The van der Waals surface area contributed by atoms with Crippen LogP contribution in [-0.4, -0.2) is 36.7 Å². The summed E-state index contributed by atoms with van der Waals surface area (Å²) in [5.41, 5.74) is 1.72. The van der Waals surface area contributed by atoms with Gasteiger partial charge in [0.05, 0.1) is 10.6 Å². The van der Waals surface area contributed by atoms with E-state index in [1.165, 1.54) is 52.0 Å². The van der Waals surface area contributed by atoms with Crippen LogP contribution in [0.4, 0.5) is 9.52 Å². The van der Waals surface area contributed by atoms with E-state index in [1.54, 1.807) is 17.5 Å². The van der Waals surface area contributed by atoms with Crippen LogP contribution in [0.25, 0.3) is 11.3 Å². The number of hydrogen-bond acceptors (Lipinski definition) is 5. The number of hydrogen-bond donors (Lipinski definition) is 1. The summed E-state index contributed by atoms with van der Waals surface area (Å²) in [6.07, 6.45) is 1.74. The molecular weight excluding hydrogens is 413 g/mol. The Hall–Kier alpha value is -2.62. The van der Waals surface area contributed by atoms with Gasteiger partial charge in [-0.25, -0.2) is 17.8 Å². The maximum atomic E-state index is 13.0. The van der Waals surface area contributed by atoms with E-state index in [0.29, 0.717) is 29.5 Å². The van der Waals surface area contributed by atoms with E-state index in [4.69, 9.17) is 0 Å². The van der Waals surface area contributed by atoms with Crippen molar-refractivity contribution >= 4 is 32.4 Å². The third kappa shape index (κ3) is 4.21. The first kappa shape index (κ1) is 19.7. The van der Waals surface area contributed by atoms with E-state index in [0.717, 1.165) is 18.4 Å². The topological polar surface area (TPSA) is 79.4 Å². The van der Waals surface area contributed by atoms with E-state index in [-0.39, 0.29) is 16.6 Å². The second-order valence-corrected chi connectivity index (χ2v) is 9.43. The van der Waals surface area contributed by atoms with Crippen molar-refractivity contribution < 1.29 is 17.6 Å². The number of sulfonamides is 1. The largest absolute Gasteiger partial charge is 0.298 e. The van der Waals surface area contributed by atoms with Crippen molar-refractivity contribution in [1.82, 2.24) is 9.29 Å². The van der Waals surface area contributed by atoms with Crippen LogP contribution in [0.2, 0.25) is 0 Å². The molecule has 0 atom stereocenters. The molecule has 1 aliphatic heterocycles. The van der Waals surface area contributed by atoms with Crippen molar-refractivity contribution in [2.24, 2.45) is 0 Å². The van der Waals surface area contributed by atoms with Crippen molar-refractivity contribution in [3.8, 4) is 11.3 Å². The molecule has 1 saturated heterocycles. The SMILES string of the molecule is O=C(Nc1nc(-c2ccc(F)cc2)cs1)c1ccc(S(=O)(=O)N2CCCC2)cc1. The fraction of sp³-hybridized carbons (Fsp3) is 0.200. The molecule has 1 aliphatic rings. The number of rotatable bonds is 5. The Morgan fingerprint density at radius 2 is 1.69 bits per heavy atom. The molecule has 3 aromatic rings. The number of aromatic nitrogens is 1. The summed E-state index contributed by atoms with van der Waals surface area (Å²) in [6.45, 7) is 1.07. The predicted octanol–water partition coefficient (Wildman–Crippen LogP) is 3.99. The van der Waals surface area contributed by atoms with Crippen molar-refractivity contribution in [3.05, 3.63) is 65.3 Å². The minimum atomic E-state index is -3.51. The summed E-state index contributed by atoms with van der Waals surface area (Å²) in [5.74, 6) is -0.706. The van der Waals surface area contributed by atoms with E-state index >= 15 is 0 Å². The van der Waals surface area contributed by atoms with Crippen LogP contribution in [0.15, 0.2) is 58.8 Å². The molecule has 1 aromatic heterocycles. The third-order valence-electron chi connectivity index (χ3n) is 4.68. The molecule has 4 rings (SSSR count). The van der Waals surface area contributed by atoms with Gasteiger partial charge in [0.25, 0.3) is 5.91 Å². The quantitative estimate of drug-likeness (QED) is 0.663. The first-order valence-electron chi connectivity index (χ1n) is 9.06. The number of carbonyl (C=O) groups excluding carboxylic acids is 1. The third-order valence-corrected chi connectivity index (χ3v) is 7.35. The number of carbonyl (C=O) groups is 1. The fourth-order valence-electron chi connectivity index (χ4n) is 3.11. The summed E-state index contributed by atoms with van der Waals surface area (Å²) >= 11 is 1.26. The van der Waals surface area contributed by atoms with Crippen LogP contribution in [0.5, 0.6) is 0 Å². The molecule has 1 amide bonds. The van der Waals surface area contributed by atoms with Crippen molar-refractivity contribution in [1.29, 1.82) is 0 Å². The molecule has 6 nitrogen and oxygen atoms in total. The highest BCUT2D eigenvalue weighted by molar-refractivity contribution is 7.89. The number of nitrogens with zero attached hydrogens (tertiary/aromatic N) is 2. The zero-order valence-corrected chi connectivity index (χ0v) is 17.0. The summed E-state index contributed by atoms with van der Waals surface area (Å²) in [5, 5.41) is 4.89. The monoisotopic (exact) mass is 431 g/mol. The number of anilines is 1. The van der Waals surface area contributed by atoms with Crippen LogP contribution >= 0.6 is 11.3 Å². The summed E-state index contributed by atoms with van der Waals surface area (Å²) in [4.78, 5) is 17.0. The van der Waals surface area contributed by atoms with Gasteiger partial charge in [0.2, 0.25) is 10.0 Å². The average Bonchev–Trinajstić information content (AvgIpc) is 3.41. The Bertz CT molecular complexity index is 1120. The zero-order valence-electron chi connectivity index (χ0n) is 15.3. The molecule has 0 spiro atoms. The molecule has 0 radical (unpaired) electrons. The number of halogens is 1. The van der Waals surface area contributed by atoms with Gasteiger partial charge in [-0.2, -0.15) is 4.31 Å². The van der Waals surface area contributed by atoms with Gasteiger partial charge in [-0.3, -0.25) is 10.1 Å². The van der Waals surface area contributed by atoms with E-state index in [9.17, 15) is 17.6 Å². The smallest absolute Gasteiger partial charge is 0.257 e. The second kappa shape index (κ2) is 8.02. The first-order chi connectivity index (χ1) is 13.9. The summed E-state index contributed by atoms with van der Waals surface area (Å²) in [7, 11) is -3.51. The Kier molecular flexibility index (Phi) is 5.44. The molecule has 0 aliphatic carbocycles. The lowest BCUT2D eigenvalue weighted by molar-refractivity contribution is 0.102. The molecule has 1 N–H and O–H groups in total. The van der Waals surface area contributed by atoms with Crippen molar-refractivity contribution in [2.45, 2.75) is 17.7 Å². The molecule has 0 saturated carbocycles. The van der Waals surface area contributed by atoms with Crippen LogP contribution in [0.3, 0.4) is 0 Å². The normalized spacial score (nSPS) is 14.8. The number of nitrogens with one attached hydrogen (secondary N) is 1. The van der Waals surface area contributed by atoms with Gasteiger partial charge in [0.15, 0.2) is 5.13 Å². The Balaban J connectivity index is 1.46. The lowest BCUT2D eigenvalue weighted by Crippen LogP contribution is -2.27. The standard InChI is InChI=1S/C20H18FN3O3S2/c21-16-7-3-14(4-8-16)18-13-28-20(22-18)23-19(25)15-5-9-17(10-6-15)29(26,27)24-11-1-2-12-24/h3-10,13H,1-2,11-12H2,(H,22,23,25). The minimum Gasteiger partial charge on any atom is -0.298 e. The molecule has 1 fully saturated rings. The van der Waals surface area contributed by atoms with E-state index in [2.05, 4.69) is 10.3 Å². The van der Waals surface area contributed by atoms with Gasteiger partial charge < -0.3 is 0 Å². The maximum absolute atomic E-state index is 13.0. The maximum Gasteiger partial charge on any atom is 0.257 e. The molecule has 2 aromatic carbocycles. The van der Waals surface area contributed by atoms with Gasteiger partial charge in [-0.15, -0.1) is 11.3 Å². The fourth-order valence-corrected chi connectivity index (χ4v) is 5.34. The molecule has 0 unspecified atom stereocenters. The first-order valence-corrected chi connectivity index (χ1v) is 11.4. The molecule has 150 valence electrons. The van der Waals surface area contributed by atoms with E-state index < -0.39 is 10.0 Å². The molecule has 9 heteroatoms. The molecule has 2 heterocycles. The number of benzene rings is 2. The van der Waals surface area contributed by atoms with Crippen molar-refractivity contribution in [2.75, 3.05) is 18.4 Å². The highest BCUT2D eigenvalue weighted by atomic mass is 32.2. The highest BCUT2D eigenvalue weighted by Gasteiger charge is 2.27. The van der Waals surface area contributed by atoms with Gasteiger partial charge >= 0.3 is 0 Å².